The van der Waals surface area contributed by atoms with Crippen molar-refractivity contribution in [3.63, 3.8) is 0 Å². The van der Waals surface area contributed by atoms with Gasteiger partial charge in [0.05, 0.1) is 0 Å². The van der Waals surface area contributed by atoms with Gasteiger partial charge in [0.15, 0.2) is 0 Å². The van der Waals surface area contributed by atoms with Crippen LogP contribution in [0.4, 0.5) is 0 Å². The normalized spacial score (nSPS) is 20.5. The average molecular weight is 355 g/mol. The van der Waals surface area contributed by atoms with Gasteiger partial charge in [-0.2, -0.15) is 0 Å². The number of aliphatic hydroxyl groups is 1. The molecule has 2 nitrogen and oxygen atoms in total. The minimum absolute atomic E-state index is 0.0373. The number of benzene rings is 2. The molecule has 1 N–H and O–H groups in total. The monoisotopic (exact) mass is 354 g/mol. The summed E-state index contributed by atoms with van der Waals surface area (Å²) in [5, 5.41) is 12.0. The van der Waals surface area contributed by atoms with Gasteiger partial charge in [0.1, 0.15) is 0 Å². The molecule has 0 bridgehead atoms. The summed E-state index contributed by atoms with van der Waals surface area (Å²) in [4.78, 5) is 0. The summed E-state index contributed by atoms with van der Waals surface area (Å²) in [6.45, 7) is 8.03. The molecule has 1 aliphatic rings. The zero-order valence-corrected chi connectivity index (χ0v) is 16.6. The Morgan fingerprint density at radius 2 is 1.44 bits per heavy atom. The van der Waals surface area contributed by atoms with Crippen LogP contribution in [0.1, 0.15) is 33.6 Å². The van der Waals surface area contributed by atoms with Crippen LogP contribution < -0.4 is 10.4 Å². The van der Waals surface area contributed by atoms with Crippen LogP contribution >= 0.6 is 0 Å². The van der Waals surface area contributed by atoms with Gasteiger partial charge in [0.25, 0.3) is 8.32 Å². The van der Waals surface area contributed by atoms with Crippen molar-refractivity contribution in [2.24, 2.45) is 11.8 Å². The van der Waals surface area contributed by atoms with Crippen LogP contribution in [0.2, 0.25) is 5.04 Å². The van der Waals surface area contributed by atoms with E-state index in [1.807, 2.05) is 0 Å². The smallest absolute Gasteiger partial charge is 0.261 e. The molecule has 1 fully saturated rings. The van der Waals surface area contributed by atoms with Gasteiger partial charge in [-0.3, -0.25) is 0 Å². The molecule has 3 heteroatoms. The molecule has 2 atom stereocenters. The Balaban J connectivity index is 1.94. The lowest BCUT2D eigenvalue weighted by atomic mass is 10.2. The first-order chi connectivity index (χ1) is 12.0. The van der Waals surface area contributed by atoms with Gasteiger partial charge < -0.3 is 9.53 Å². The van der Waals surface area contributed by atoms with Crippen molar-refractivity contribution in [2.45, 2.75) is 38.7 Å². The largest absolute Gasteiger partial charge is 0.407 e. The molecule has 25 heavy (non-hydrogen) atoms. The van der Waals surface area contributed by atoms with Crippen molar-refractivity contribution < 1.29 is 9.53 Å². The van der Waals surface area contributed by atoms with E-state index < -0.39 is 8.32 Å². The van der Waals surface area contributed by atoms with Crippen molar-refractivity contribution in [1.82, 2.24) is 0 Å². The third kappa shape index (κ3) is 3.74. The van der Waals surface area contributed by atoms with Gasteiger partial charge in [-0.15, -0.1) is 0 Å². The van der Waals surface area contributed by atoms with Crippen molar-refractivity contribution in [3.05, 3.63) is 60.7 Å². The minimum atomic E-state index is -2.38. The van der Waals surface area contributed by atoms with E-state index in [9.17, 15) is 5.11 Å². The molecule has 3 rings (SSSR count). The summed E-state index contributed by atoms with van der Waals surface area (Å²) in [5.41, 5.74) is 0. The quantitative estimate of drug-likeness (QED) is 0.770. The maximum absolute atomic E-state index is 9.29. The molecule has 0 heterocycles. The van der Waals surface area contributed by atoms with Crippen LogP contribution in [0.3, 0.4) is 0 Å². The molecule has 1 aliphatic carbocycles. The highest BCUT2D eigenvalue weighted by atomic mass is 28.4. The summed E-state index contributed by atoms with van der Waals surface area (Å²) < 4.78 is 6.87. The van der Waals surface area contributed by atoms with Crippen molar-refractivity contribution in [3.8, 4) is 0 Å². The van der Waals surface area contributed by atoms with Crippen LogP contribution in [-0.2, 0) is 4.43 Å². The predicted octanol–water partition coefficient (Wildman–Crippen LogP) is 3.58. The molecule has 2 unspecified atom stereocenters. The number of rotatable bonds is 7. The van der Waals surface area contributed by atoms with Gasteiger partial charge in [0, 0.05) is 13.2 Å². The average Bonchev–Trinajstić information content (AvgIpc) is 3.38. The first-order valence-corrected chi connectivity index (χ1v) is 11.3. The first-order valence-electron chi connectivity index (χ1n) is 9.35. The SMILES string of the molecule is CC(C)(C)[Si](OCCC1CC1CO)(c1ccccc1)c1ccccc1. The Morgan fingerprint density at radius 1 is 0.920 bits per heavy atom. The minimum Gasteiger partial charge on any atom is -0.407 e. The van der Waals surface area contributed by atoms with Gasteiger partial charge in [-0.25, -0.2) is 0 Å². The van der Waals surface area contributed by atoms with Gasteiger partial charge in [-0.1, -0.05) is 81.4 Å². The van der Waals surface area contributed by atoms with Gasteiger partial charge >= 0.3 is 0 Å². The number of hydrogen-bond acceptors (Lipinski definition) is 2. The second kappa shape index (κ2) is 7.44. The standard InChI is InChI=1S/C22H30O2Si/c1-22(2,3)25(20-10-6-4-7-11-20,21-12-8-5-9-13-21)24-15-14-18-16-19(18)17-23/h4-13,18-19,23H,14-17H2,1-3H3. The Labute approximate surface area is 153 Å². The fourth-order valence-corrected chi connectivity index (χ4v) is 8.59. The summed E-state index contributed by atoms with van der Waals surface area (Å²) in [6, 6.07) is 21.6. The molecule has 2 aromatic rings. The van der Waals surface area contributed by atoms with E-state index in [2.05, 4.69) is 81.4 Å². The summed E-state index contributed by atoms with van der Waals surface area (Å²) in [7, 11) is -2.38. The van der Waals surface area contributed by atoms with Crippen LogP contribution in [0, 0.1) is 11.8 Å². The highest BCUT2D eigenvalue weighted by Gasteiger charge is 2.50. The van der Waals surface area contributed by atoms with E-state index in [1.54, 1.807) is 0 Å². The molecule has 0 radical (unpaired) electrons. The predicted molar refractivity (Wildman–Crippen MR) is 107 cm³/mol. The molecule has 0 spiro atoms. The van der Waals surface area contributed by atoms with E-state index in [0.717, 1.165) is 19.4 Å². The van der Waals surface area contributed by atoms with Crippen molar-refractivity contribution >= 4 is 18.7 Å². The fraction of sp³-hybridized carbons (Fsp3) is 0.455. The summed E-state index contributed by atoms with van der Waals surface area (Å²) in [6.07, 6.45) is 2.20. The van der Waals surface area contributed by atoms with Crippen LogP contribution in [-0.4, -0.2) is 26.6 Å². The van der Waals surface area contributed by atoms with E-state index in [0.29, 0.717) is 18.4 Å². The van der Waals surface area contributed by atoms with Crippen LogP contribution in [0.5, 0.6) is 0 Å². The second-order valence-electron chi connectivity index (χ2n) is 8.24. The Morgan fingerprint density at radius 3 is 1.84 bits per heavy atom. The van der Waals surface area contributed by atoms with E-state index in [4.69, 9.17) is 4.43 Å². The maximum Gasteiger partial charge on any atom is 0.261 e. The molecule has 0 aliphatic heterocycles. The van der Waals surface area contributed by atoms with Gasteiger partial charge in [0.2, 0.25) is 0 Å². The molecule has 0 saturated heterocycles. The Hall–Kier alpha value is -1.42. The highest BCUT2D eigenvalue weighted by Crippen LogP contribution is 2.42. The van der Waals surface area contributed by atoms with E-state index in [1.165, 1.54) is 10.4 Å². The fourth-order valence-electron chi connectivity index (χ4n) is 4.01. The summed E-state index contributed by atoms with van der Waals surface area (Å²) >= 11 is 0. The second-order valence-corrected chi connectivity index (χ2v) is 12.5. The zero-order valence-electron chi connectivity index (χ0n) is 15.6. The summed E-state index contributed by atoms with van der Waals surface area (Å²) in [5.74, 6) is 1.14. The van der Waals surface area contributed by atoms with E-state index in [-0.39, 0.29) is 5.04 Å². The molecular weight excluding hydrogens is 324 g/mol. The molecule has 0 amide bonds. The first kappa shape index (κ1) is 18.4. The number of aliphatic hydroxyl groups excluding tert-OH is 1. The topological polar surface area (TPSA) is 29.5 Å². The van der Waals surface area contributed by atoms with Crippen LogP contribution in [0.15, 0.2) is 60.7 Å². The molecule has 2 aromatic carbocycles. The zero-order chi connectivity index (χ0) is 17.9. The highest BCUT2D eigenvalue weighted by molar-refractivity contribution is 6.99. The number of hydrogen-bond donors (Lipinski definition) is 1. The van der Waals surface area contributed by atoms with Crippen LogP contribution in [0.25, 0.3) is 0 Å². The third-order valence-corrected chi connectivity index (χ3v) is 10.6. The Bertz CT molecular complexity index is 624. The van der Waals surface area contributed by atoms with E-state index >= 15 is 0 Å². The van der Waals surface area contributed by atoms with Gasteiger partial charge in [-0.05, 0) is 40.1 Å². The lowest BCUT2D eigenvalue weighted by Gasteiger charge is -2.43. The lowest BCUT2D eigenvalue weighted by Crippen LogP contribution is -2.66. The third-order valence-electron chi connectivity index (χ3n) is 5.53. The molecule has 1 saturated carbocycles. The molecular formula is C22H30O2Si. The van der Waals surface area contributed by atoms with Crippen molar-refractivity contribution in [1.29, 1.82) is 0 Å². The molecule has 134 valence electrons. The lowest BCUT2D eigenvalue weighted by molar-refractivity contribution is 0.251. The van der Waals surface area contributed by atoms with Crippen molar-refractivity contribution in [2.75, 3.05) is 13.2 Å². The molecule has 0 aromatic heterocycles. The maximum atomic E-state index is 9.29. The Kier molecular flexibility index (Phi) is 5.47.